The Morgan fingerprint density at radius 2 is 2.27 bits per heavy atom. The maximum absolute atomic E-state index is 6.32. The van der Waals surface area contributed by atoms with E-state index >= 15 is 0 Å². The van der Waals surface area contributed by atoms with Crippen LogP contribution in [0.1, 0.15) is 32.6 Å². The van der Waals surface area contributed by atoms with Gasteiger partial charge in [-0.1, -0.05) is 44.1 Å². The minimum absolute atomic E-state index is 0.0647. The van der Waals surface area contributed by atoms with E-state index in [0.29, 0.717) is 0 Å². The largest absolute Gasteiger partial charge is 0.114 e. The van der Waals surface area contributed by atoms with Crippen LogP contribution >= 0.6 is 11.6 Å². The van der Waals surface area contributed by atoms with E-state index < -0.39 is 0 Å². The number of rotatable bonds is 3. The van der Waals surface area contributed by atoms with Crippen molar-refractivity contribution in [2.24, 2.45) is 0 Å². The van der Waals surface area contributed by atoms with Crippen molar-refractivity contribution >= 4 is 11.6 Å². The third-order valence-electron chi connectivity index (χ3n) is 2.05. The van der Waals surface area contributed by atoms with Crippen LogP contribution in [0.2, 0.25) is 0 Å². The van der Waals surface area contributed by atoms with E-state index in [1.807, 2.05) is 6.08 Å². The highest BCUT2D eigenvalue weighted by molar-refractivity contribution is 6.25. The molecule has 1 aliphatic rings. The lowest BCUT2D eigenvalue weighted by atomic mass is 9.94. The van der Waals surface area contributed by atoms with Crippen LogP contribution in [0.15, 0.2) is 24.3 Å². The van der Waals surface area contributed by atoms with Crippen molar-refractivity contribution < 1.29 is 0 Å². The Kier molecular flexibility index (Phi) is 3.19. The smallest absolute Gasteiger partial charge is 0.0663 e. The second-order valence-electron chi connectivity index (χ2n) is 3.13. The topological polar surface area (TPSA) is 0 Å². The van der Waals surface area contributed by atoms with Gasteiger partial charge in [-0.15, -0.1) is 11.6 Å². The number of allylic oxidation sites excluding steroid dienone is 4. The Hall–Kier alpha value is -0.230. The molecule has 0 saturated heterocycles. The molecule has 0 aromatic heterocycles. The highest BCUT2D eigenvalue weighted by Crippen LogP contribution is 2.30. The molecule has 0 N–H and O–H groups in total. The van der Waals surface area contributed by atoms with Crippen molar-refractivity contribution in [1.82, 2.24) is 0 Å². The standard InChI is InChI=1S/C10H15Cl/c1-2-3-7-10(11)8-5-4-6-9-10/h4-6,8H,2-3,7,9H2,1H3. The van der Waals surface area contributed by atoms with E-state index in [9.17, 15) is 0 Å². The minimum Gasteiger partial charge on any atom is -0.114 e. The molecule has 1 unspecified atom stereocenters. The Balaban J connectivity index is 2.40. The highest BCUT2D eigenvalue weighted by atomic mass is 35.5. The third-order valence-corrected chi connectivity index (χ3v) is 2.51. The fraction of sp³-hybridized carbons (Fsp3) is 0.600. The van der Waals surface area contributed by atoms with E-state index in [-0.39, 0.29) is 4.87 Å². The summed E-state index contributed by atoms with van der Waals surface area (Å²) in [7, 11) is 0. The van der Waals surface area contributed by atoms with Crippen LogP contribution < -0.4 is 0 Å². The molecule has 62 valence electrons. The van der Waals surface area contributed by atoms with Crippen LogP contribution in [-0.4, -0.2) is 4.87 Å². The first kappa shape index (κ1) is 8.86. The number of alkyl halides is 1. The highest BCUT2D eigenvalue weighted by Gasteiger charge is 2.22. The molecule has 1 atom stereocenters. The molecule has 0 nitrogen and oxygen atoms in total. The van der Waals surface area contributed by atoms with E-state index in [1.165, 1.54) is 12.8 Å². The molecule has 1 aliphatic carbocycles. The Morgan fingerprint density at radius 1 is 1.45 bits per heavy atom. The van der Waals surface area contributed by atoms with Crippen LogP contribution in [0.25, 0.3) is 0 Å². The zero-order valence-electron chi connectivity index (χ0n) is 7.02. The van der Waals surface area contributed by atoms with Gasteiger partial charge in [-0.25, -0.2) is 0 Å². The summed E-state index contributed by atoms with van der Waals surface area (Å²) in [5.74, 6) is 0. The SMILES string of the molecule is CCCCC1(Cl)C=CC=CC1. The number of unbranched alkanes of at least 4 members (excludes halogenated alkanes) is 1. The van der Waals surface area contributed by atoms with Gasteiger partial charge in [0.25, 0.3) is 0 Å². The zero-order valence-corrected chi connectivity index (χ0v) is 7.77. The molecule has 0 aromatic carbocycles. The fourth-order valence-electron chi connectivity index (χ4n) is 1.29. The van der Waals surface area contributed by atoms with Crippen molar-refractivity contribution in [1.29, 1.82) is 0 Å². The van der Waals surface area contributed by atoms with Crippen molar-refractivity contribution in [3.05, 3.63) is 24.3 Å². The predicted octanol–water partition coefficient (Wildman–Crippen LogP) is 3.67. The van der Waals surface area contributed by atoms with Gasteiger partial charge in [0.15, 0.2) is 0 Å². The molecule has 0 bridgehead atoms. The van der Waals surface area contributed by atoms with Gasteiger partial charge in [0.05, 0.1) is 4.87 Å². The molecule has 11 heavy (non-hydrogen) atoms. The predicted molar refractivity (Wildman–Crippen MR) is 51.0 cm³/mol. The molecule has 1 heteroatoms. The van der Waals surface area contributed by atoms with Gasteiger partial charge in [-0.2, -0.15) is 0 Å². The first-order chi connectivity index (χ1) is 5.27. The summed E-state index contributed by atoms with van der Waals surface area (Å²) in [6.45, 7) is 2.20. The van der Waals surface area contributed by atoms with Crippen LogP contribution in [0.5, 0.6) is 0 Å². The van der Waals surface area contributed by atoms with Crippen molar-refractivity contribution in [3.8, 4) is 0 Å². The van der Waals surface area contributed by atoms with E-state index in [4.69, 9.17) is 11.6 Å². The first-order valence-electron chi connectivity index (χ1n) is 4.30. The molecule has 0 amide bonds. The lowest BCUT2D eigenvalue weighted by Gasteiger charge is -2.23. The van der Waals surface area contributed by atoms with Crippen LogP contribution in [0.4, 0.5) is 0 Å². The molecule has 0 saturated carbocycles. The third kappa shape index (κ3) is 2.70. The van der Waals surface area contributed by atoms with Gasteiger partial charge < -0.3 is 0 Å². The lowest BCUT2D eigenvalue weighted by molar-refractivity contribution is 0.590. The Bertz CT molecular complexity index is 170. The number of halogens is 1. The lowest BCUT2D eigenvalue weighted by Crippen LogP contribution is -2.18. The Morgan fingerprint density at radius 3 is 2.82 bits per heavy atom. The minimum atomic E-state index is -0.0647. The van der Waals surface area contributed by atoms with E-state index in [0.717, 1.165) is 12.8 Å². The Labute approximate surface area is 73.9 Å². The second-order valence-corrected chi connectivity index (χ2v) is 3.88. The van der Waals surface area contributed by atoms with Crippen LogP contribution in [0.3, 0.4) is 0 Å². The van der Waals surface area contributed by atoms with Gasteiger partial charge in [-0.05, 0) is 12.8 Å². The van der Waals surface area contributed by atoms with E-state index in [1.54, 1.807) is 0 Å². The van der Waals surface area contributed by atoms with Gasteiger partial charge in [0.2, 0.25) is 0 Å². The quantitative estimate of drug-likeness (QED) is 0.567. The zero-order chi connectivity index (χ0) is 8.16. The van der Waals surface area contributed by atoms with Gasteiger partial charge >= 0.3 is 0 Å². The summed E-state index contributed by atoms with van der Waals surface area (Å²) in [6, 6.07) is 0. The van der Waals surface area contributed by atoms with Crippen molar-refractivity contribution in [2.45, 2.75) is 37.5 Å². The van der Waals surface area contributed by atoms with Gasteiger partial charge in [0.1, 0.15) is 0 Å². The van der Waals surface area contributed by atoms with E-state index in [2.05, 4.69) is 25.2 Å². The summed E-state index contributed by atoms with van der Waals surface area (Å²) in [4.78, 5) is -0.0647. The summed E-state index contributed by atoms with van der Waals surface area (Å²) in [5, 5.41) is 0. The molecule has 0 aromatic rings. The normalized spacial score (nSPS) is 29.3. The maximum atomic E-state index is 6.32. The molecular formula is C10H15Cl. The van der Waals surface area contributed by atoms with Crippen LogP contribution in [-0.2, 0) is 0 Å². The monoisotopic (exact) mass is 170 g/mol. The average molecular weight is 171 g/mol. The first-order valence-corrected chi connectivity index (χ1v) is 4.68. The summed E-state index contributed by atoms with van der Waals surface area (Å²) in [6.07, 6.45) is 12.9. The number of hydrogen-bond donors (Lipinski definition) is 0. The van der Waals surface area contributed by atoms with Crippen molar-refractivity contribution in [3.63, 3.8) is 0 Å². The number of hydrogen-bond acceptors (Lipinski definition) is 0. The molecule has 0 radical (unpaired) electrons. The molecule has 1 rings (SSSR count). The second kappa shape index (κ2) is 3.96. The summed E-state index contributed by atoms with van der Waals surface area (Å²) < 4.78 is 0. The molecule has 0 heterocycles. The molecule has 0 fully saturated rings. The van der Waals surface area contributed by atoms with Gasteiger partial charge in [0, 0.05) is 0 Å². The van der Waals surface area contributed by atoms with Crippen molar-refractivity contribution in [2.75, 3.05) is 0 Å². The summed E-state index contributed by atoms with van der Waals surface area (Å²) in [5.41, 5.74) is 0. The maximum Gasteiger partial charge on any atom is 0.0663 e. The molecular weight excluding hydrogens is 156 g/mol. The molecule has 0 aliphatic heterocycles. The average Bonchev–Trinajstić information content (AvgIpc) is 2.03. The fourth-order valence-corrected chi connectivity index (χ4v) is 1.59. The van der Waals surface area contributed by atoms with Gasteiger partial charge in [-0.3, -0.25) is 0 Å². The summed E-state index contributed by atoms with van der Waals surface area (Å²) >= 11 is 6.32. The van der Waals surface area contributed by atoms with Crippen LogP contribution in [0, 0.1) is 0 Å². The molecule has 0 spiro atoms.